The SMILES string of the molecule is CCOP(=O)(OCC)C(C)(C)/[N+](O)=C\c1ccc(NC(=O)CI)cc1. The molecule has 1 amide bonds. The van der Waals surface area contributed by atoms with Crippen molar-refractivity contribution in [1.82, 2.24) is 0 Å². The summed E-state index contributed by atoms with van der Waals surface area (Å²) < 4.78 is 24.8. The van der Waals surface area contributed by atoms with Gasteiger partial charge in [-0.3, -0.25) is 14.6 Å². The van der Waals surface area contributed by atoms with Gasteiger partial charge in [0.1, 0.15) is 0 Å². The van der Waals surface area contributed by atoms with Gasteiger partial charge in [-0.1, -0.05) is 22.6 Å². The zero-order chi connectivity index (χ0) is 19.1. The first kappa shape index (κ1) is 22.1. The van der Waals surface area contributed by atoms with E-state index < -0.39 is 12.9 Å². The monoisotopic (exact) mass is 483 g/mol. The molecule has 1 aromatic rings. The highest BCUT2D eigenvalue weighted by atomic mass is 127. The number of carbonyl (C=O) groups is 1. The van der Waals surface area contributed by atoms with Crippen molar-refractivity contribution < 1.29 is 28.4 Å². The maximum atomic E-state index is 13.0. The average molecular weight is 483 g/mol. The summed E-state index contributed by atoms with van der Waals surface area (Å²) in [5, 5.41) is 11.9. The lowest BCUT2D eigenvalue weighted by atomic mass is 10.2. The van der Waals surface area contributed by atoms with Crippen molar-refractivity contribution in [2.24, 2.45) is 0 Å². The predicted molar refractivity (Wildman–Crippen MR) is 106 cm³/mol. The van der Waals surface area contributed by atoms with Crippen LogP contribution in [-0.4, -0.2) is 45.0 Å². The summed E-state index contributed by atoms with van der Waals surface area (Å²) in [4.78, 5) is 11.4. The second-order valence-electron chi connectivity index (χ2n) is 5.60. The van der Waals surface area contributed by atoms with Crippen LogP contribution in [0, 0.1) is 0 Å². The van der Waals surface area contributed by atoms with Crippen LogP contribution in [0.2, 0.25) is 0 Å². The molecule has 0 bridgehead atoms. The van der Waals surface area contributed by atoms with Gasteiger partial charge in [0, 0.05) is 25.1 Å². The van der Waals surface area contributed by atoms with Gasteiger partial charge in [-0.05, 0) is 42.9 Å². The van der Waals surface area contributed by atoms with Crippen molar-refractivity contribution in [2.45, 2.75) is 33.0 Å². The topological polar surface area (TPSA) is 87.9 Å². The lowest BCUT2D eigenvalue weighted by Crippen LogP contribution is -2.36. The van der Waals surface area contributed by atoms with Crippen molar-refractivity contribution in [1.29, 1.82) is 0 Å². The molecule has 1 rings (SSSR count). The number of rotatable bonds is 9. The van der Waals surface area contributed by atoms with Gasteiger partial charge in [0.2, 0.25) is 12.1 Å². The predicted octanol–water partition coefficient (Wildman–Crippen LogP) is 3.88. The Morgan fingerprint density at radius 1 is 1.28 bits per heavy atom. The third kappa shape index (κ3) is 5.77. The van der Waals surface area contributed by atoms with Crippen molar-refractivity contribution in [3.05, 3.63) is 29.8 Å². The van der Waals surface area contributed by atoms with Crippen LogP contribution in [0.3, 0.4) is 0 Å². The second-order valence-corrected chi connectivity index (χ2v) is 8.97. The van der Waals surface area contributed by atoms with Gasteiger partial charge in [-0.25, -0.2) is 0 Å². The van der Waals surface area contributed by atoms with Crippen LogP contribution >= 0.6 is 30.2 Å². The number of alkyl halides is 1. The molecular formula is C16H25IN2O5P+. The molecule has 0 atom stereocenters. The summed E-state index contributed by atoms with van der Waals surface area (Å²) >= 11 is 1.98. The summed E-state index contributed by atoms with van der Waals surface area (Å²) in [6.45, 7) is 7.03. The molecule has 0 aliphatic heterocycles. The number of nitrogens with zero attached hydrogens (tertiary/aromatic N) is 1. The molecule has 9 heteroatoms. The number of amides is 1. The molecule has 1 aromatic carbocycles. The van der Waals surface area contributed by atoms with Crippen LogP contribution in [0.1, 0.15) is 33.3 Å². The number of hydroxylamine groups is 1. The Kier molecular flexibility index (Phi) is 8.53. The minimum absolute atomic E-state index is 0.0865. The number of halogens is 1. The first-order chi connectivity index (χ1) is 11.7. The van der Waals surface area contributed by atoms with Crippen molar-refractivity contribution in [3.8, 4) is 0 Å². The Bertz CT molecular complexity index is 651. The summed E-state index contributed by atoms with van der Waals surface area (Å²) in [6.07, 6.45) is 1.44. The summed E-state index contributed by atoms with van der Waals surface area (Å²) in [5.41, 5.74) is 1.33. The van der Waals surface area contributed by atoms with Gasteiger partial charge >= 0.3 is 12.9 Å². The number of hydrogen-bond donors (Lipinski definition) is 2. The second kappa shape index (κ2) is 9.66. The van der Waals surface area contributed by atoms with Crippen LogP contribution in [0.5, 0.6) is 0 Å². The van der Waals surface area contributed by atoms with Gasteiger partial charge in [0.25, 0.3) is 0 Å². The molecule has 0 fully saturated rings. The van der Waals surface area contributed by atoms with Gasteiger partial charge in [0.15, 0.2) is 0 Å². The first-order valence-corrected chi connectivity index (χ1v) is 10.9. The highest BCUT2D eigenvalue weighted by Gasteiger charge is 2.54. The molecule has 0 radical (unpaired) electrons. The standard InChI is InChI=1S/C16H24IN2O5P/c1-5-23-25(22,24-6-2)16(3,4)19(21)12-13-7-9-14(10-8-13)18-15(20)11-17/h7-10,12,21H,5-6,11H2,1-4H3/p+1. The molecule has 0 aliphatic rings. The number of benzene rings is 1. The van der Waals surface area contributed by atoms with E-state index >= 15 is 0 Å². The van der Waals surface area contributed by atoms with E-state index in [-0.39, 0.29) is 19.1 Å². The number of nitrogens with one attached hydrogen (secondary N) is 1. The zero-order valence-electron chi connectivity index (χ0n) is 14.9. The molecule has 0 aliphatic carbocycles. The lowest BCUT2D eigenvalue weighted by molar-refractivity contribution is -0.804. The summed E-state index contributed by atoms with van der Waals surface area (Å²) in [7, 11) is -3.56. The molecule has 0 saturated heterocycles. The Hall–Kier alpha value is -0.960. The third-order valence-electron chi connectivity index (χ3n) is 3.42. The van der Waals surface area contributed by atoms with Gasteiger partial charge in [0.05, 0.1) is 17.6 Å². The fourth-order valence-electron chi connectivity index (χ4n) is 1.96. The van der Waals surface area contributed by atoms with E-state index in [1.54, 1.807) is 52.0 Å². The molecule has 0 heterocycles. The van der Waals surface area contributed by atoms with E-state index in [1.165, 1.54) is 6.21 Å². The maximum Gasteiger partial charge on any atom is 0.405 e. The normalized spacial score (nSPS) is 12.9. The van der Waals surface area contributed by atoms with E-state index in [2.05, 4.69) is 5.32 Å². The largest absolute Gasteiger partial charge is 0.405 e. The molecule has 0 saturated carbocycles. The molecule has 0 unspecified atom stereocenters. The van der Waals surface area contributed by atoms with Gasteiger partial charge in [-0.2, -0.15) is 0 Å². The van der Waals surface area contributed by atoms with E-state index in [4.69, 9.17) is 9.05 Å². The number of anilines is 1. The zero-order valence-corrected chi connectivity index (χ0v) is 17.9. The van der Waals surface area contributed by atoms with Crippen LogP contribution in [0.4, 0.5) is 5.69 Å². The van der Waals surface area contributed by atoms with Crippen molar-refractivity contribution in [3.63, 3.8) is 0 Å². The third-order valence-corrected chi connectivity index (χ3v) is 6.85. The van der Waals surface area contributed by atoms with Crippen LogP contribution in [0.25, 0.3) is 0 Å². The Labute approximate surface area is 162 Å². The molecule has 0 aromatic heterocycles. The Morgan fingerprint density at radius 3 is 2.24 bits per heavy atom. The van der Waals surface area contributed by atoms with E-state index in [1.807, 2.05) is 22.6 Å². The van der Waals surface area contributed by atoms with Crippen molar-refractivity contribution in [2.75, 3.05) is 23.0 Å². The summed E-state index contributed by atoms with van der Waals surface area (Å²) in [6, 6.07) is 6.91. The number of carbonyl (C=O) groups excluding carboxylic acids is 1. The minimum atomic E-state index is -3.56. The molecule has 7 nitrogen and oxygen atoms in total. The molecular weight excluding hydrogens is 458 g/mol. The van der Waals surface area contributed by atoms with Gasteiger partial charge < -0.3 is 14.4 Å². The summed E-state index contributed by atoms with van der Waals surface area (Å²) in [5.74, 6) is -0.0865. The van der Waals surface area contributed by atoms with Crippen molar-refractivity contribution >= 4 is 48.0 Å². The number of hydrogen-bond acceptors (Lipinski definition) is 5. The highest BCUT2D eigenvalue weighted by molar-refractivity contribution is 14.1. The van der Waals surface area contributed by atoms with E-state index in [0.29, 0.717) is 15.7 Å². The average Bonchev–Trinajstić information content (AvgIpc) is 2.56. The van der Waals surface area contributed by atoms with Crippen LogP contribution in [-0.2, 0) is 18.4 Å². The first-order valence-electron chi connectivity index (χ1n) is 7.88. The maximum absolute atomic E-state index is 13.0. The minimum Gasteiger partial charge on any atom is -0.325 e. The fourth-order valence-corrected chi connectivity index (χ4v) is 3.85. The highest BCUT2D eigenvalue weighted by Crippen LogP contribution is 2.59. The van der Waals surface area contributed by atoms with E-state index in [0.717, 1.165) is 4.74 Å². The Morgan fingerprint density at radius 2 is 1.80 bits per heavy atom. The fraction of sp³-hybridized carbons (Fsp3) is 0.500. The molecule has 25 heavy (non-hydrogen) atoms. The molecule has 2 N–H and O–H groups in total. The van der Waals surface area contributed by atoms with E-state index in [9.17, 15) is 14.6 Å². The van der Waals surface area contributed by atoms with Crippen LogP contribution < -0.4 is 5.32 Å². The smallest absolute Gasteiger partial charge is 0.325 e. The Balaban J connectivity index is 3.05. The van der Waals surface area contributed by atoms with Crippen LogP contribution in [0.15, 0.2) is 24.3 Å². The molecule has 0 spiro atoms. The molecule has 140 valence electrons. The quantitative estimate of drug-likeness (QED) is 0.106. The van der Waals surface area contributed by atoms with Gasteiger partial charge in [-0.15, -0.1) is 0 Å². The lowest BCUT2D eigenvalue weighted by Gasteiger charge is -2.26.